The minimum absolute atomic E-state index is 0.560. The van der Waals surface area contributed by atoms with Gasteiger partial charge in [-0.25, -0.2) is 9.97 Å². The number of nitrogens with zero attached hydrogens (tertiary/aromatic N) is 4. The van der Waals surface area contributed by atoms with E-state index in [9.17, 15) is 0 Å². The van der Waals surface area contributed by atoms with Crippen LogP contribution in [0, 0.1) is 6.92 Å². The highest BCUT2D eigenvalue weighted by Crippen LogP contribution is 2.21. The van der Waals surface area contributed by atoms with Crippen molar-refractivity contribution in [2.45, 2.75) is 32.4 Å². The van der Waals surface area contributed by atoms with Gasteiger partial charge < -0.3 is 9.88 Å². The maximum Gasteiger partial charge on any atom is 0.128 e. The average Bonchev–Trinajstić information content (AvgIpc) is 3.00. The minimum atomic E-state index is 0.560. The van der Waals surface area contributed by atoms with Gasteiger partial charge in [0.25, 0.3) is 0 Å². The van der Waals surface area contributed by atoms with Crippen LogP contribution in [0.25, 0.3) is 0 Å². The Bertz CT molecular complexity index is 566. The number of H-pyrrole nitrogens is 1. The summed E-state index contributed by atoms with van der Waals surface area (Å²) in [5.41, 5.74) is 2.25. The minimum Gasteiger partial charge on any atom is -0.355 e. The third-order valence-corrected chi connectivity index (χ3v) is 4.19. The van der Waals surface area contributed by atoms with Gasteiger partial charge in [-0.3, -0.25) is 4.90 Å². The molecule has 0 spiro atoms. The Hall–Kier alpha value is -1.88. The summed E-state index contributed by atoms with van der Waals surface area (Å²) in [5, 5.41) is 0. The van der Waals surface area contributed by atoms with Crippen LogP contribution in [-0.4, -0.2) is 46.0 Å². The smallest absolute Gasteiger partial charge is 0.128 e. The van der Waals surface area contributed by atoms with Crippen LogP contribution in [0.3, 0.4) is 0 Å². The number of hydrogen-bond acceptors (Lipinski definition) is 4. The molecule has 0 saturated carbocycles. The number of piperidine rings is 1. The van der Waals surface area contributed by atoms with Gasteiger partial charge in [0, 0.05) is 43.3 Å². The predicted molar refractivity (Wildman–Crippen MR) is 84.3 cm³/mol. The molecule has 21 heavy (non-hydrogen) atoms. The maximum absolute atomic E-state index is 4.66. The molecule has 3 rings (SSSR count). The molecule has 1 N–H and O–H groups in total. The molecule has 0 bridgehead atoms. The summed E-state index contributed by atoms with van der Waals surface area (Å²) in [6.07, 6.45) is 6.10. The van der Waals surface area contributed by atoms with Crippen LogP contribution in [-0.2, 0) is 6.54 Å². The summed E-state index contributed by atoms with van der Waals surface area (Å²) in [6.45, 7) is 5.11. The molecule has 3 heterocycles. The van der Waals surface area contributed by atoms with Crippen molar-refractivity contribution in [3.63, 3.8) is 0 Å². The zero-order chi connectivity index (χ0) is 14.7. The number of aromatic amines is 1. The molecule has 2 aromatic heterocycles. The van der Waals surface area contributed by atoms with E-state index in [1.807, 2.05) is 6.20 Å². The van der Waals surface area contributed by atoms with Crippen molar-refractivity contribution in [1.82, 2.24) is 19.9 Å². The number of pyridine rings is 1. The van der Waals surface area contributed by atoms with E-state index in [0.717, 1.165) is 31.1 Å². The van der Waals surface area contributed by atoms with Crippen molar-refractivity contribution < 1.29 is 0 Å². The normalized spacial score (nSPS) is 19.2. The fourth-order valence-corrected chi connectivity index (χ4v) is 3.00. The second kappa shape index (κ2) is 6.26. The van der Waals surface area contributed by atoms with Gasteiger partial charge in [-0.2, -0.15) is 0 Å². The number of aromatic nitrogens is 3. The second-order valence-electron chi connectivity index (χ2n) is 5.87. The first-order chi connectivity index (χ1) is 10.2. The highest BCUT2D eigenvalue weighted by atomic mass is 15.2. The third kappa shape index (κ3) is 3.42. The van der Waals surface area contributed by atoms with E-state index < -0.39 is 0 Å². The van der Waals surface area contributed by atoms with Crippen LogP contribution >= 0.6 is 0 Å². The molecule has 2 aromatic rings. The third-order valence-electron chi connectivity index (χ3n) is 4.19. The summed E-state index contributed by atoms with van der Waals surface area (Å²) >= 11 is 0. The second-order valence-corrected chi connectivity index (χ2v) is 5.87. The molecule has 0 unspecified atom stereocenters. The number of nitrogens with one attached hydrogen (secondary N) is 1. The zero-order valence-corrected chi connectivity index (χ0v) is 12.8. The van der Waals surface area contributed by atoms with Crippen molar-refractivity contribution in [2.24, 2.45) is 0 Å². The Morgan fingerprint density at radius 3 is 3.10 bits per heavy atom. The van der Waals surface area contributed by atoms with Crippen molar-refractivity contribution in [3.05, 3.63) is 42.1 Å². The van der Waals surface area contributed by atoms with Crippen LogP contribution in [0.5, 0.6) is 0 Å². The monoisotopic (exact) mass is 285 g/mol. The summed E-state index contributed by atoms with van der Waals surface area (Å²) in [6, 6.07) is 6.82. The standard InChI is InChI=1S/C16H23N5/c1-13-5-3-7-16(19-13)21-8-4-6-15(11-21)20(2)10-14-9-17-12-18-14/h3,5,7,9,12,15H,4,6,8,10-11H2,1-2H3,(H,17,18)/t15-/m0/s1. The van der Waals surface area contributed by atoms with Crippen LogP contribution < -0.4 is 4.90 Å². The number of rotatable bonds is 4. The molecule has 5 nitrogen and oxygen atoms in total. The van der Waals surface area contributed by atoms with E-state index in [0.29, 0.717) is 6.04 Å². The molecule has 5 heteroatoms. The lowest BCUT2D eigenvalue weighted by molar-refractivity contribution is 0.205. The van der Waals surface area contributed by atoms with Gasteiger partial charge in [-0.1, -0.05) is 6.07 Å². The fraction of sp³-hybridized carbons (Fsp3) is 0.500. The van der Waals surface area contributed by atoms with Crippen molar-refractivity contribution in [3.8, 4) is 0 Å². The molecular formula is C16H23N5. The molecule has 0 aliphatic carbocycles. The number of anilines is 1. The van der Waals surface area contributed by atoms with Crippen LogP contribution in [0.4, 0.5) is 5.82 Å². The largest absolute Gasteiger partial charge is 0.355 e. The summed E-state index contributed by atoms with van der Waals surface area (Å²) < 4.78 is 0. The van der Waals surface area contributed by atoms with Crippen LogP contribution in [0.15, 0.2) is 30.7 Å². The van der Waals surface area contributed by atoms with Crippen LogP contribution in [0.2, 0.25) is 0 Å². The molecule has 0 radical (unpaired) electrons. The van der Waals surface area contributed by atoms with E-state index in [2.05, 4.69) is 56.9 Å². The molecular weight excluding hydrogens is 262 g/mol. The molecule has 1 saturated heterocycles. The van der Waals surface area contributed by atoms with Gasteiger partial charge in [0.2, 0.25) is 0 Å². The lowest BCUT2D eigenvalue weighted by atomic mass is 10.0. The Morgan fingerprint density at radius 2 is 2.33 bits per heavy atom. The first-order valence-electron chi connectivity index (χ1n) is 7.58. The van der Waals surface area contributed by atoms with Crippen molar-refractivity contribution in [2.75, 3.05) is 25.0 Å². The Balaban J connectivity index is 1.65. The van der Waals surface area contributed by atoms with Gasteiger partial charge >= 0.3 is 0 Å². The predicted octanol–water partition coefficient (Wildman–Crippen LogP) is 2.21. The maximum atomic E-state index is 4.66. The van der Waals surface area contributed by atoms with E-state index >= 15 is 0 Å². The summed E-state index contributed by atoms with van der Waals surface area (Å²) in [4.78, 5) is 16.7. The van der Waals surface area contributed by atoms with Gasteiger partial charge in [-0.05, 0) is 38.9 Å². The molecule has 0 aromatic carbocycles. The first-order valence-corrected chi connectivity index (χ1v) is 7.58. The molecule has 1 aliphatic rings. The SMILES string of the molecule is Cc1cccc(N2CCC[C@H](N(C)Cc3cnc[nH]3)C2)n1. The first kappa shape index (κ1) is 14.1. The quantitative estimate of drug-likeness (QED) is 0.935. The Labute approximate surface area is 126 Å². The number of imidazole rings is 1. The van der Waals surface area contributed by atoms with Gasteiger partial charge in [0.15, 0.2) is 0 Å². The van der Waals surface area contributed by atoms with E-state index in [-0.39, 0.29) is 0 Å². The lowest BCUT2D eigenvalue weighted by Gasteiger charge is -2.38. The van der Waals surface area contributed by atoms with E-state index in [4.69, 9.17) is 0 Å². The van der Waals surface area contributed by atoms with Gasteiger partial charge in [0.1, 0.15) is 5.82 Å². The molecule has 112 valence electrons. The summed E-state index contributed by atoms with van der Waals surface area (Å²) in [7, 11) is 2.19. The zero-order valence-electron chi connectivity index (χ0n) is 12.8. The number of hydrogen-bond donors (Lipinski definition) is 1. The number of likely N-dealkylation sites (N-methyl/N-ethyl adjacent to an activating group) is 1. The highest BCUT2D eigenvalue weighted by Gasteiger charge is 2.24. The highest BCUT2D eigenvalue weighted by molar-refractivity contribution is 5.40. The average molecular weight is 285 g/mol. The van der Waals surface area contributed by atoms with Crippen LogP contribution in [0.1, 0.15) is 24.2 Å². The Morgan fingerprint density at radius 1 is 1.43 bits per heavy atom. The topological polar surface area (TPSA) is 48.0 Å². The van der Waals surface area contributed by atoms with Gasteiger partial charge in [0.05, 0.1) is 6.33 Å². The lowest BCUT2D eigenvalue weighted by Crippen LogP contribution is -2.46. The molecule has 0 amide bonds. The molecule has 1 fully saturated rings. The van der Waals surface area contributed by atoms with E-state index in [1.54, 1.807) is 6.33 Å². The Kier molecular flexibility index (Phi) is 4.20. The van der Waals surface area contributed by atoms with Gasteiger partial charge in [-0.15, -0.1) is 0 Å². The van der Waals surface area contributed by atoms with E-state index in [1.165, 1.54) is 18.5 Å². The molecule has 1 aliphatic heterocycles. The number of aryl methyl sites for hydroxylation is 1. The van der Waals surface area contributed by atoms with Crippen molar-refractivity contribution in [1.29, 1.82) is 0 Å². The summed E-state index contributed by atoms with van der Waals surface area (Å²) in [5.74, 6) is 1.11. The fourth-order valence-electron chi connectivity index (χ4n) is 3.00. The van der Waals surface area contributed by atoms with Crippen molar-refractivity contribution >= 4 is 5.82 Å². The molecule has 1 atom stereocenters.